The smallest absolute Gasteiger partial charge is 0.439 e. The number of esters is 1. The lowest BCUT2D eigenvalue weighted by atomic mass is 9.91. The number of ether oxygens (including phenoxy) is 2. The van der Waals surface area contributed by atoms with E-state index in [-0.39, 0.29) is 6.61 Å². The van der Waals surface area contributed by atoms with E-state index in [0.29, 0.717) is 28.7 Å². The van der Waals surface area contributed by atoms with Gasteiger partial charge in [0.05, 0.1) is 17.8 Å². The average molecular weight is 433 g/mol. The minimum atomic E-state index is -0.640. The average Bonchev–Trinajstić information content (AvgIpc) is 3.43. The monoisotopic (exact) mass is 433 g/mol. The van der Waals surface area contributed by atoms with Gasteiger partial charge in [0, 0.05) is 24.2 Å². The predicted octanol–water partition coefficient (Wildman–Crippen LogP) is 4.04. The van der Waals surface area contributed by atoms with Crippen LogP contribution in [0.25, 0.3) is 28.0 Å². The molecule has 32 heavy (non-hydrogen) atoms. The standard InChI is InChI=1S/C24H23N3O5/c1-2-31-23(28)21-14-17-13-16(15-9-11-30-12-10-15)7-8-19(17)27(21)20-6-4-3-5-18(20)22-25-24(29)32-26-22/h3-8,13-15H,2,9-12H2,1H3,(H,25,26,29). The summed E-state index contributed by atoms with van der Waals surface area (Å²) >= 11 is 0. The fraction of sp³-hybridized carbons (Fsp3) is 0.292. The van der Waals surface area contributed by atoms with Gasteiger partial charge in [0.15, 0.2) is 5.82 Å². The number of aromatic amines is 1. The van der Waals surface area contributed by atoms with Crippen LogP contribution in [0.3, 0.4) is 0 Å². The van der Waals surface area contributed by atoms with Crippen molar-refractivity contribution in [2.45, 2.75) is 25.7 Å². The van der Waals surface area contributed by atoms with Crippen molar-refractivity contribution in [1.29, 1.82) is 0 Å². The molecule has 0 amide bonds. The summed E-state index contributed by atoms with van der Waals surface area (Å²) in [5, 5.41) is 4.78. The Morgan fingerprint density at radius 3 is 2.75 bits per heavy atom. The molecule has 0 aliphatic carbocycles. The van der Waals surface area contributed by atoms with Crippen molar-refractivity contribution in [1.82, 2.24) is 14.7 Å². The maximum absolute atomic E-state index is 12.9. The molecule has 2 aromatic heterocycles. The highest BCUT2D eigenvalue weighted by Crippen LogP contribution is 2.34. The molecule has 1 saturated heterocycles. The summed E-state index contributed by atoms with van der Waals surface area (Å²) < 4.78 is 17.4. The summed E-state index contributed by atoms with van der Waals surface area (Å²) in [6, 6.07) is 15.6. The van der Waals surface area contributed by atoms with Crippen molar-refractivity contribution in [3.05, 3.63) is 70.3 Å². The zero-order chi connectivity index (χ0) is 22.1. The summed E-state index contributed by atoms with van der Waals surface area (Å²) in [5.41, 5.74) is 3.83. The van der Waals surface area contributed by atoms with Crippen molar-refractivity contribution in [3.8, 4) is 17.1 Å². The van der Waals surface area contributed by atoms with Crippen molar-refractivity contribution in [2.24, 2.45) is 0 Å². The number of nitrogens with zero attached hydrogens (tertiary/aromatic N) is 2. The first-order valence-electron chi connectivity index (χ1n) is 10.7. The number of fused-ring (bicyclic) bond motifs is 1. The van der Waals surface area contributed by atoms with E-state index < -0.39 is 11.7 Å². The topological polar surface area (TPSA) is 99.3 Å². The fourth-order valence-corrected chi connectivity index (χ4v) is 4.35. The molecule has 8 heteroatoms. The Kier molecular flexibility index (Phi) is 5.36. The fourth-order valence-electron chi connectivity index (χ4n) is 4.35. The number of hydrogen-bond donors (Lipinski definition) is 1. The zero-order valence-electron chi connectivity index (χ0n) is 17.7. The number of rotatable bonds is 5. The Bertz CT molecular complexity index is 1330. The van der Waals surface area contributed by atoms with Crippen LogP contribution in [0.1, 0.15) is 41.7 Å². The minimum absolute atomic E-state index is 0.270. The third kappa shape index (κ3) is 3.62. The Morgan fingerprint density at radius 2 is 2.00 bits per heavy atom. The summed E-state index contributed by atoms with van der Waals surface area (Å²) in [7, 11) is 0. The highest BCUT2D eigenvalue weighted by atomic mass is 16.5. The Hall–Kier alpha value is -3.65. The lowest BCUT2D eigenvalue weighted by Crippen LogP contribution is -2.14. The molecule has 1 aliphatic rings. The maximum Gasteiger partial charge on any atom is 0.439 e. The van der Waals surface area contributed by atoms with Gasteiger partial charge in [-0.25, -0.2) is 9.59 Å². The van der Waals surface area contributed by atoms with Crippen LogP contribution in [0.15, 0.2) is 57.8 Å². The molecule has 0 atom stereocenters. The van der Waals surface area contributed by atoms with Gasteiger partial charge in [-0.2, -0.15) is 0 Å². The number of para-hydroxylation sites is 1. The number of benzene rings is 2. The van der Waals surface area contributed by atoms with Crippen molar-refractivity contribution < 1.29 is 18.8 Å². The van der Waals surface area contributed by atoms with Crippen molar-refractivity contribution >= 4 is 16.9 Å². The molecule has 0 saturated carbocycles. The molecule has 0 radical (unpaired) electrons. The third-order valence-electron chi connectivity index (χ3n) is 5.84. The lowest BCUT2D eigenvalue weighted by molar-refractivity contribution is 0.0517. The van der Waals surface area contributed by atoms with Gasteiger partial charge in [-0.05, 0) is 61.6 Å². The van der Waals surface area contributed by atoms with E-state index in [0.717, 1.165) is 37.0 Å². The largest absolute Gasteiger partial charge is 0.461 e. The van der Waals surface area contributed by atoms with Crippen molar-refractivity contribution in [2.75, 3.05) is 19.8 Å². The molecule has 1 N–H and O–H groups in total. The molecule has 3 heterocycles. The van der Waals surface area contributed by atoms with Crippen LogP contribution >= 0.6 is 0 Å². The normalized spacial score (nSPS) is 14.7. The molecule has 0 unspecified atom stereocenters. The summed E-state index contributed by atoms with van der Waals surface area (Å²) in [6.07, 6.45) is 1.97. The van der Waals surface area contributed by atoms with Crippen LogP contribution < -0.4 is 5.76 Å². The number of H-pyrrole nitrogens is 1. The molecule has 0 bridgehead atoms. The van der Waals surface area contributed by atoms with Gasteiger partial charge in [-0.15, -0.1) is 0 Å². The van der Waals surface area contributed by atoms with Crippen LogP contribution in [0.2, 0.25) is 0 Å². The zero-order valence-corrected chi connectivity index (χ0v) is 17.7. The van der Waals surface area contributed by atoms with E-state index in [4.69, 9.17) is 14.0 Å². The van der Waals surface area contributed by atoms with Gasteiger partial charge in [-0.1, -0.05) is 23.4 Å². The molecule has 1 fully saturated rings. The van der Waals surface area contributed by atoms with Gasteiger partial charge in [0.25, 0.3) is 0 Å². The first-order chi connectivity index (χ1) is 15.7. The Balaban J connectivity index is 1.70. The van der Waals surface area contributed by atoms with E-state index in [1.807, 2.05) is 41.0 Å². The number of aromatic nitrogens is 3. The lowest BCUT2D eigenvalue weighted by Gasteiger charge is -2.22. The summed E-state index contributed by atoms with van der Waals surface area (Å²) in [5.74, 6) is -0.324. The molecule has 0 spiro atoms. The van der Waals surface area contributed by atoms with Gasteiger partial charge in [-0.3, -0.25) is 9.51 Å². The second-order valence-electron chi connectivity index (χ2n) is 7.75. The van der Waals surface area contributed by atoms with Crippen LogP contribution in [-0.2, 0) is 9.47 Å². The second kappa shape index (κ2) is 8.47. The second-order valence-corrected chi connectivity index (χ2v) is 7.75. The van der Waals surface area contributed by atoms with Gasteiger partial charge < -0.3 is 14.0 Å². The van der Waals surface area contributed by atoms with Crippen LogP contribution in [-0.4, -0.2) is 40.5 Å². The molecule has 8 nitrogen and oxygen atoms in total. The van der Waals surface area contributed by atoms with E-state index in [1.54, 1.807) is 6.92 Å². The van der Waals surface area contributed by atoms with E-state index >= 15 is 0 Å². The quantitative estimate of drug-likeness (QED) is 0.477. The minimum Gasteiger partial charge on any atom is -0.461 e. The highest BCUT2D eigenvalue weighted by molar-refractivity contribution is 5.98. The van der Waals surface area contributed by atoms with Crippen LogP contribution in [0.4, 0.5) is 0 Å². The van der Waals surface area contributed by atoms with E-state index in [2.05, 4.69) is 22.3 Å². The summed E-state index contributed by atoms with van der Waals surface area (Å²) in [4.78, 5) is 27.0. The predicted molar refractivity (Wildman–Crippen MR) is 118 cm³/mol. The molecule has 1 aliphatic heterocycles. The third-order valence-corrected chi connectivity index (χ3v) is 5.84. The summed E-state index contributed by atoms with van der Waals surface area (Å²) in [6.45, 7) is 3.58. The number of carbonyl (C=O) groups is 1. The van der Waals surface area contributed by atoms with Crippen LogP contribution in [0.5, 0.6) is 0 Å². The molecular formula is C24H23N3O5. The molecular weight excluding hydrogens is 410 g/mol. The first-order valence-corrected chi connectivity index (χ1v) is 10.7. The highest BCUT2D eigenvalue weighted by Gasteiger charge is 2.23. The Labute approximate surface area is 183 Å². The number of nitrogens with one attached hydrogen (secondary N) is 1. The SMILES string of the molecule is CCOC(=O)c1cc2cc(C3CCOCC3)ccc2n1-c1ccccc1-c1noc(=O)[nH]1. The van der Waals surface area contributed by atoms with Crippen molar-refractivity contribution in [3.63, 3.8) is 0 Å². The molecule has 5 rings (SSSR count). The molecule has 164 valence electrons. The Morgan fingerprint density at radius 1 is 1.19 bits per heavy atom. The first kappa shape index (κ1) is 20.3. The molecule has 2 aromatic carbocycles. The van der Waals surface area contributed by atoms with Gasteiger partial charge >= 0.3 is 11.7 Å². The maximum atomic E-state index is 12.9. The van der Waals surface area contributed by atoms with Gasteiger partial charge in [0.2, 0.25) is 0 Å². The number of carbonyl (C=O) groups excluding carboxylic acids is 1. The number of hydrogen-bond acceptors (Lipinski definition) is 6. The van der Waals surface area contributed by atoms with Crippen LogP contribution in [0, 0.1) is 0 Å². The van der Waals surface area contributed by atoms with E-state index in [1.165, 1.54) is 5.56 Å². The van der Waals surface area contributed by atoms with E-state index in [9.17, 15) is 9.59 Å². The molecule has 4 aromatic rings. The van der Waals surface area contributed by atoms with Gasteiger partial charge in [0.1, 0.15) is 5.69 Å².